The Labute approximate surface area is 229 Å². The number of likely N-dealkylation sites (tertiary alicyclic amines) is 1. The van der Waals surface area contributed by atoms with E-state index in [-0.39, 0.29) is 43.4 Å². The lowest BCUT2D eigenvalue weighted by atomic mass is 10.1. The summed E-state index contributed by atoms with van der Waals surface area (Å²) in [6, 6.07) is 5.94. The van der Waals surface area contributed by atoms with Crippen LogP contribution in [0.15, 0.2) is 47.0 Å². The number of nitrogens with zero attached hydrogens (tertiary/aromatic N) is 4. The Morgan fingerprint density at radius 3 is 2.88 bits per heavy atom. The molecule has 2 saturated heterocycles. The van der Waals surface area contributed by atoms with Crippen molar-refractivity contribution < 1.29 is 27.4 Å². The first kappa shape index (κ1) is 27.1. The van der Waals surface area contributed by atoms with Crippen LogP contribution in [-0.4, -0.2) is 76.8 Å². The van der Waals surface area contributed by atoms with Crippen LogP contribution in [0.25, 0.3) is 0 Å². The standard InChI is InChI=1S/C28H32F3N5O4/c29-28(30,31)20-10-22-14-34(7-8-36(22)26(38)11-20)16-25(37)33-12-19-13-35(21-5-9-39-17-21)15-24(19)40-23-4-3-18-2-1-6-32-27(18)23/h1-2,6,10-12,21,23-24H,3-5,7-9,13-17H2,(H,33,37)/b19-12-. The van der Waals surface area contributed by atoms with Gasteiger partial charge in [-0.2, -0.15) is 13.2 Å². The van der Waals surface area contributed by atoms with Gasteiger partial charge >= 0.3 is 6.18 Å². The van der Waals surface area contributed by atoms with E-state index in [2.05, 4.69) is 21.3 Å². The highest BCUT2D eigenvalue weighted by Gasteiger charge is 2.37. The molecule has 1 aliphatic carbocycles. The number of ether oxygens (including phenoxy) is 2. The molecule has 1 N–H and O–H groups in total. The maximum atomic E-state index is 13.2. The molecule has 9 nitrogen and oxygen atoms in total. The molecule has 3 atom stereocenters. The fourth-order valence-electron chi connectivity index (χ4n) is 6.10. The third-order valence-corrected chi connectivity index (χ3v) is 8.21. The van der Waals surface area contributed by atoms with Crippen LogP contribution in [0.5, 0.6) is 0 Å². The third kappa shape index (κ3) is 5.71. The number of carbonyl (C=O) groups excluding carboxylic acids is 1. The maximum Gasteiger partial charge on any atom is 0.416 e. The van der Waals surface area contributed by atoms with Crippen molar-refractivity contribution in [1.82, 2.24) is 24.7 Å². The second-order valence-corrected chi connectivity index (χ2v) is 10.9. The first-order valence-electron chi connectivity index (χ1n) is 13.7. The number of amides is 1. The van der Waals surface area contributed by atoms with Crippen LogP contribution in [0.3, 0.4) is 0 Å². The van der Waals surface area contributed by atoms with Crippen LogP contribution < -0.4 is 10.9 Å². The average molecular weight is 560 g/mol. The second kappa shape index (κ2) is 11.1. The minimum atomic E-state index is -4.60. The molecular weight excluding hydrogens is 527 g/mol. The summed E-state index contributed by atoms with van der Waals surface area (Å²) >= 11 is 0. The molecule has 0 saturated carbocycles. The number of pyridine rings is 2. The second-order valence-electron chi connectivity index (χ2n) is 10.9. The molecule has 40 heavy (non-hydrogen) atoms. The van der Waals surface area contributed by atoms with Gasteiger partial charge in [0.1, 0.15) is 6.10 Å². The Morgan fingerprint density at radius 1 is 1.20 bits per heavy atom. The van der Waals surface area contributed by atoms with Gasteiger partial charge < -0.3 is 19.4 Å². The lowest BCUT2D eigenvalue weighted by molar-refractivity contribution is -0.138. The van der Waals surface area contributed by atoms with Crippen molar-refractivity contribution in [3.63, 3.8) is 0 Å². The Balaban J connectivity index is 1.12. The number of alkyl halides is 3. The van der Waals surface area contributed by atoms with Crippen LogP contribution in [0.2, 0.25) is 0 Å². The summed E-state index contributed by atoms with van der Waals surface area (Å²) in [7, 11) is 0. The predicted octanol–water partition coefficient (Wildman–Crippen LogP) is 2.25. The molecule has 214 valence electrons. The number of fused-ring (bicyclic) bond motifs is 2. The normalized spacial score (nSPS) is 26.3. The molecule has 2 fully saturated rings. The molecule has 12 heteroatoms. The van der Waals surface area contributed by atoms with Crippen molar-refractivity contribution in [1.29, 1.82) is 0 Å². The number of aromatic nitrogens is 2. The quantitative estimate of drug-likeness (QED) is 0.581. The van der Waals surface area contributed by atoms with Gasteiger partial charge in [-0.1, -0.05) is 6.07 Å². The summed E-state index contributed by atoms with van der Waals surface area (Å²) in [6.07, 6.45) is 1.35. The van der Waals surface area contributed by atoms with Crippen molar-refractivity contribution in [3.8, 4) is 0 Å². The van der Waals surface area contributed by atoms with Gasteiger partial charge in [-0.15, -0.1) is 0 Å². The molecule has 0 bridgehead atoms. The molecular formula is C28H32F3N5O4. The summed E-state index contributed by atoms with van der Waals surface area (Å²) in [5, 5.41) is 2.88. The van der Waals surface area contributed by atoms with E-state index in [0.717, 1.165) is 43.2 Å². The molecule has 2 aromatic rings. The smallest absolute Gasteiger partial charge is 0.380 e. The Morgan fingerprint density at radius 2 is 2.08 bits per heavy atom. The Bertz CT molecular complexity index is 1350. The molecule has 0 spiro atoms. The van der Waals surface area contributed by atoms with Crippen LogP contribution in [0, 0.1) is 0 Å². The molecule has 4 aliphatic rings. The van der Waals surface area contributed by atoms with Gasteiger partial charge in [-0.3, -0.25) is 24.4 Å². The Hall–Kier alpha value is -3.06. The van der Waals surface area contributed by atoms with Gasteiger partial charge in [0, 0.05) is 69.5 Å². The number of nitrogens with one attached hydrogen (secondary N) is 1. The number of carbonyl (C=O) groups is 1. The molecule has 1 amide bonds. The van der Waals surface area contributed by atoms with Gasteiger partial charge in [-0.05, 0) is 42.5 Å². The number of halogens is 3. The minimum absolute atomic E-state index is 0.000159. The number of hydrogen-bond acceptors (Lipinski definition) is 7. The lowest BCUT2D eigenvalue weighted by Crippen LogP contribution is -2.43. The fourth-order valence-corrected chi connectivity index (χ4v) is 6.10. The van der Waals surface area contributed by atoms with Gasteiger partial charge in [0.15, 0.2) is 0 Å². The highest BCUT2D eigenvalue weighted by atomic mass is 19.4. The van der Waals surface area contributed by atoms with Crippen molar-refractivity contribution >= 4 is 5.91 Å². The van der Waals surface area contributed by atoms with E-state index in [4.69, 9.17) is 9.47 Å². The number of rotatable bonds is 6. The zero-order chi connectivity index (χ0) is 27.9. The first-order valence-corrected chi connectivity index (χ1v) is 13.7. The Kier molecular flexibility index (Phi) is 7.51. The zero-order valence-electron chi connectivity index (χ0n) is 22.0. The number of hydrogen-bond donors (Lipinski definition) is 1. The molecule has 3 unspecified atom stereocenters. The van der Waals surface area contributed by atoms with Crippen LogP contribution in [0.4, 0.5) is 13.2 Å². The summed E-state index contributed by atoms with van der Waals surface area (Å²) in [6.45, 7) is 3.46. The lowest BCUT2D eigenvalue weighted by Gasteiger charge is -2.29. The van der Waals surface area contributed by atoms with E-state index < -0.39 is 17.3 Å². The van der Waals surface area contributed by atoms with E-state index in [1.807, 2.05) is 6.07 Å². The predicted molar refractivity (Wildman–Crippen MR) is 138 cm³/mol. The minimum Gasteiger partial charge on any atom is -0.380 e. The third-order valence-electron chi connectivity index (χ3n) is 8.21. The summed E-state index contributed by atoms with van der Waals surface area (Å²) in [4.78, 5) is 33.7. The average Bonchev–Trinajstić information content (AvgIpc) is 3.68. The largest absolute Gasteiger partial charge is 0.416 e. The van der Waals surface area contributed by atoms with E-state index in [1.54, 1.807) is 17.3 Å². The summed E-state index contributed by atoms with van der Waals surface area (Å²) in [5.41, 5.74) is 1.76. The van der Waals surface area contributed by atoms with Crippen LogP contribution >= 0.6 is 0 Å². The van der Waals surface area contributed by atoms with E-state index >= 15 is 0 Å². The monoisotopic (exact) mass is 559 g/mol. The number of aryl methyl sites for hydroxylation is 1. The molecule has 5 heterocycles. The summed E-state index contributed by atoms with van der Waals surface area (Å²) in [5.74, 6) is -0.274. The fraction of sp³-hybridized carbons (Fsp3) is 0.536. The molecule has 0 radical (unpaired) electrons. The van der Waals surface area contributed by atoms with E-state index in [1.165, 1.54) is 10.1 Å². The van der Waals surface area contributed by atoms with Gasteiger partial charge in [0.25, 0.3) is 5.56 Å². The maximum absolute atomic E-state index is 13.2. The van der Waals surface area contributed by atoms with Gasteiger partial charge in [-0.25, -0.2) is 0 Å². The van der Waals surface area contributed by atoms with Crippen LogP contribution in [-0.2, 0) is 40.0 Å². The summed E-state index contributed by atoms with van der Waals surface area (Å²) < 4.78 is 53.1. The van der Waals surface area contributed by atoms with Crippen molar-refractivity contribution in [2.75, 3.05) is 39.4 Å². The topological polar surface area (TPSA) is 88.9 Å². The van der Waals surface area contributed by atoms with E-state index in [9.17, 15) is 22.8 Å². The highest BCUT2D eigenvalue weighted by molar-refractivity contribution is 5.79. The molecule has 0 aromatic carbocycles. The van der Waals surface area contributed by atoms with Crippen molar-refractivity contribution in [2.24, 2.45) is 0 Å². The van der Waals surface area contributed by atoms with Gasteiger partial charge in [0.2, 0.25) is 5.91 Å². The van der Waals surface area contributed by atoms with Gasteiger partial charge in [0.05, 0.1) is 30.5 Å². The van der Waals surface area contributed by atoms with Crippen LogP contribution in [0.1, 0.15) is 41.5 Å². The highest BCUT2D eigenvalue weighted by Crippen LogP contribution is 2.36. The van der Waals surface area contributed by atoms with E-state index in [0.29, 0.717) is 38.3 Å². The van der Waals surface area contributed by atoms with Crippen molar-refractivity contribution in [2.45, 2.75) is 56.8 Å². The molecule has 2 aromatic heterocycles. The SMILES string of the molecule is O=C(CN1CCn2c(cc(C(F)(F)F)cc2=O)C1)N/C=C1/CN(C2CCOC2)CC1OC1CCc2cccnc21. The molecule has 3 aliphatic heterocycles. The first-order chi connectivity index (χ1) is 19.2. The molecule has 6 rings (SSSR count). The van der Waals surface area contributed by atoms with Crippen molar-refractivity contribution in [3.05, 3.63) is 75.1 Å². The zero-order valence-corrected chi connectivity index (χ0v) is 22.0.